The molecule has 3 nitrogen and oxygen atoms in total. The molecule has 1 aromatic rings. The summed E-state index contributed by atoms with van der Waals surface area (Å²) in [6.45, 7) is 5.59. The zero-order valence-electron chi connectivity index (χ0n) is 7.94. The van der Waals surface area contributed by atoms with Gasteiger partial charge >= 0.3 is 0 Å². The van der Waals surface area contributed by atoms with Gasteiger partial charge in [0.05, 0.1) is 6.20 Å². The molecule has 68 valence electrons. The van der Waals surface area contributed by atoms with Crippen LogP contribution in [-0.4, -0.2) is 22.7 Å². The standard InChI is InChI=1S/C10H13N3/c1-4-5-6-10(11-3)13-8-9(2)7-12-13/h4-8H,1H2,2-3H3/b6-5-,11-10?. The Morgan fingerprint density at radius 2 is 2.46 bits per heavy atom. The first kappa shape index (κ1) is 9.45. The monoisotopic (exact) mass is 175 g/mol. The number of rotatable bonds is 2. The zero-order chi connectivity index (χ0) is 9.68. The van der Waals surface area contributed by atoms with Crippen molar-refractivity contribution in [2.45, 2.75) is 6.92 Å². The normalized spacial score (nSPS) is 12.3. The minimum Gasteiger partial charge on any atom is -0.270 e. The number of aryl methyl sites for hydroxylation is 1. The summed E-state index contributed by atoms with van der Waals surface area (Å²) in [7, 11) is 1.74. The summed E-state index contributed by atoms with van der Waals surface area (Å²) >= 11 is 0. The van der Waals surface area contributed by atoms with Crippen molar-refractivity contribution in [2.75, 3.05) is 7.05 Å². The van der Waals surface area contributed by atoms with Crippen molar-refractivity contribution in [1.29, 1.82) is 0 Å². The SMILES string of the molecule is C=C/C=C\C(=NC)n1cc(C)cn1. The van der Waals surface area contributed by atoms with Gasteiger partial charge in [-0.2, -0.15) is 5.10 Å². The quantitative estimate of drug-likeness (QED) is 0.383. The highest BCUT2D eigenvalue weighted by Crippen LogP contribution is 1.95. The molecule has 1 aromatic heterocycles. The van der Waals surface area contributed by atoms with E-state index >= 15 is 0 Å². The lowest BCUT2D eigenvalue weighted by Crippen LogP contribution is -2.08. The molecule has 0 aromatic carbocycles. The number of hydrogen-bond donors (Lipinski definition) is 0. The van der Waals surface area contributed by atoms with E-state index in [-0.39, 0.29) is 0 Å². The van der Waals surface area contributed by atoms with Gasteiger partial charge in [0.25, 0.3) is 0 Å². The maximum absolute atomic E-state index is 4.14. The Hall–Kier alpha value is -1.64. The second-order valence-corrected chi connectivity index (χ2v) is 2.64. The van der Waals surface area contributed by atoms with E-state index < -0.39 is 0 Å². The molecule has 1 rings (SSSR count). The smallest absolute Gasteiger partial charge is 0.148 e. The lowest BCUT2D eigenvalue weighted by atomic mass is 10.4. The first-order valence-corrected chi connectivity index (χ1v) is 4.05. The molecule has 0 aliphatic rings. The molecular formula is C10H13N3. The molecule has 0 spiro atoms. The summed E-state index contributed by atoms with van der Waals surface area (Å²) in [6.07, 6.45) is 9.13. The Kier molecular flexibility index (Phi) is 3.20. The summed E-state index contributed by atoms with van der Waals surface area (Å²) in [4.78, 5) is 4.09. The topological polar surface area (TPSA) is 30.2 Å². The van der Waals surface area contributed by atoms with E-state index in [0.29, 0.717) is 0 Å². The average Bonchev–Trinajstić information content (AvgIpc) is 2.54. The van der Waals surface area contributed by atoms with E-state index in [1.165, 1.54) is 0 Å². The fourth-order valence-electron chi connectivity index (χ4n) is 0.946. The summed E-state index contributed by atoms with van der Waals surface area (Å²) < 4.78 is 1.73. The highest BCUT2D eigenvalue weighted by molar-refractivity contribution is 5.94. The molecule has 0 aliphatic heterocycles. The second-order valence-electron chi connectivity index (χ2n) is 2.64. The Morgan fingerprint density at radius 1 is 1.69 bits per heavy atom. The van der Waals surface area contributed by atoms with Gasteiger partial charge in [-0.3, -0.25) is 4.99 Å². The molecule has 0 aliphatic carbocycles. The number of allylic oxidation sites excluding steroid dienone is 3. The predicted octanol–water partition coefficient (Wildman–Crippen LogP) is 1.81. The Morgan fingerprint density at radius 3 is 2.92 bits per heavy atom. The molecule has 13 heavy (non-hydrogen) atoms. The van der Waals surface area contributed by atoms with Crippen LogP contribution < -0.4 is 0 Å². The molecule has 0 amide bonds. The molecule has 1 heterocycles. The number of aromatic nitrogens is 2. The van der Waals surface area contributed by atoms with Crippen molar-refractivity contribution in [1.82, 2.24) is 9.78 Å². The Labute approximate surface area is 78.1 Å². The maximum Gasteiger partial charge on any atom is 0.148 e. The molecule has 3 heteroatoms. The second kappa shape index (κ2) is 4.40. The van der Waals surface area contributed by atoms with Crippen LogP contribution in [0.3, 0.4) is 0 Å². The molecule has 0 atom stereocenters. The van der Waals surface area contributed by atoms with E-state index in [4.69, 9.17) is 0 Å². The van der Waals surface area contributed by atoms with Crippen LogP contribution in [-0.2, 0) is 0 Å². The fraction of sp³-hybridized carbons (Fsp3) is 0.200. The summed E-state index contributed by atoms with van der Waals surface area (Å²) in [5.74, 6) is 0.799. The van der Waals surface area contributed by atoms with Gasteiger partial charge in [0.15, 0.2) is 0 Å². The molecule has 0 saturated carbocycles. The van der Waals surface area contributed by atoms with Gasteiger partial charge in [-0.1, -0.05) is 18.7 Å². The largest absolute Gasteiger partial charge is 0.270 e. The van der Waals surface area contributed by atoms with Crippen LogP contribution in [0.2, 0.25) is 0 Å². The molecule has 0 bridgehead atoms. The van der Waals surface area contributed by atoms with Gasteiger partial charge in [0.1, 0.15) is 5.84 Å². The Balaban J connectivity index is 2.91. The van der Waals surface area contributed by atoms with E-state index in [9.17, 15) is 0 Å². The van der Waals surface area contributed by atoms with E-state index in [1.54, 1.807) is 24.0 Å². The highest BCUT2D eigenvalue weighted by atomic mass is 15.3. The predicted molar refractivity (Wildman–Crippen MR) is 55.1 cm³/mol. The number of nitrogens with zero attached hydrogens (tertiary/aromatic N) is 3. The van der Waals surface area contributed by atoms with Crippen LogP contribution in [0.1, 0.15) is 5.56 Å². The third-order valence-electron chi connectivity index (χ3n) is 1.56. The first-order valence-electron chi connectivity index (χ1n) is 4.05. The Bertz CT molecular complexity index is 345. The van der Waals surface area contributed by atoms with Crippen LogP contribution in [0.15, 0.2) is 42.2 Å². The highest BCUT2D eigenvalue weighted by Gasteiger charge is 1.97. The lowest BCUT2D eigenvalue weighted by Gasteiger charge is -1.97. The summed E-state index contributed by atoms with van der Waals surface area (Å²) in [6, 6.07) is 0. The van der Waals surface area contributed by atoms with Crippen LogP contribution in [0, 0.1) is 6.92 Å². The van der Waals surface area contributed by atoms with Gasteiger partial charge in [0.2, 0.25) is 0 Å². The van der Waals surface area contributed by atoms with Gasteiger partial charge < -0.3 is 0 Å². The molecule has 0 N–H and O–H groups in total. The van der Waals surface area contributed by atoms with E-state index in [1.807, 2.05) is 25.3 Å². The van der Waals surface area contributed by atoms with Crippen LogP contribution >= 0.6 is 0 Å². The van der Waals surface area contributed by atoms with Crippen molar-refractivity contribution < 1.29 is 0 Å². The van der Waals surface area contributed by atoms with Crippen molar-refractivity contribution >= 4 is 5.84 Å². The molecule has 0 unspecified atom stereocenters. The minimum atomic E-state index is 0.799. The van der Waals surface area contributed by atoms with Crippen molar-refractivity contribution in [2.24, 2.45) is 4.99 Å². The van der Waals surface area contributed by atoms with Crippen molar-refractivity contribution in [3.05, 3.63) is 42.8 Å². The van der Waals surface area contributed by atoms with Gasteiger partial charge in [0, 0.05) is 13.2 Å². The molecular weight excluding hydrogens is 162 g/mol. The zero-order valence-corrected chi connectivity index (χ0v) is 7.94. The molecule has 0 saturated heterocycles. The third-order valence-corrected chi connectivity index (χ3v) is 1.56. The van der Waals surface area contributed by atoms with Crippen molar-refractivity contribution in [3.8, 4) is 0 Å². The first-order chi connectivity index (χ1) is 6.27. The lowest BCUT2D eigenvalue weighted by molar-refractivity contribution is 0.934. The fourth-order valence-corrected chi connectivity index (χ4v) is 0.946. The number of aliphatic imine (C=N–C) groups is 1. The van der Waals surface area contributed by atoms with Gasteiger partial charge in [-0.25, -0.2) is 4.68 Å². The van der Waals surface area contributed by atoms with Crippen molar-refractivity contribution in [3.63, 3.8) is 0 Å². The molecule has 0 fully saturated rings. The van der Waals surface area contributed by atoms with Crippen LogP contribution in [0.25, 0.3) is 0 Å². The maximum atomic E-state index is 4.14. The summed E-state index contributed by atoms with van der Waals surface area (Å²) in [5, 5.41) is 4.14. The van der Waals surface area contributed by atoms with E-state index in [0.717, 1.165) is 11.4 Å². The number of hydrogen-bond acceptors (Lipinski definition) is 2. The summed E-state index contributed by atoms with van der Waals surface area (Å²) in [5.41, 5.74) is 1.12. The van der Waals surface area contributed by atoms with Crippen LogP contribution in [0.4, 0.5) is 0 Å². The van der Waals surface area contributed by atoms with E-state index in [2.05, 4.69) is 16.7 Å². The van der Waals surface area contributed by atoms with Crippen LogP contribution in [0.5, 0.6) is 0 Å². The molecule has 0 radical (unpaired) electrons. The van der Waals surface area contributed by atoms with Gasteiger partial charge in [-0.05, 0) is 18.6 Å². The minimum absolute atomic E-state index is 0.799. The third kappa shape index (κ3) is 2.40. The average molecular weight is 175 g/mol. The van der Waals surface area contributed by atoms with Gasteiger partial charge in [-0.15, -0.1) is 0 Å².